The number of rotatable bonds is 9. The molecule has 0 fully saturated rings. The fraction of sp³-hybridized carbons (Fsp3) is 0.476. The minimum absolute atomic E-state index is 0.262. The number of methoxy groups -OCH3 is 1. The molecule has 0 saturated carbocycles. The smallest absolute Gasteiger partial charge is 0.305 e. The van der Waals surface area contributed by atoms with Gasteiger partial charge < -0.3 is 14.9 Å². The van der Waals surface area contributed by atoms with Crippen LogP contribution in [-0.2, 0) is 9.53 Å². The molecule has 0 aliphatic heterocycles. The van der Waals surface area contributed by atoms with E-state index in [0.29, 0.717) is 38.5 Å². The summed E-state index contributed by atoms with van der Waals surface area (Å²) in [4.78, 5) is 10.9. The Kier molecular flexibility index (Phi) is 15.1. The maximum Gasteiger partial charge on any atom is 0.305 e. The summed E-state index contributed by atoms with van der Waals surface area (Å²) < 4.78 is 4.53. The van der Waals surface area contributed by atoms with E-state index in [-0.39, 0.29) is 5.97 Å². The van der Waals surface area contributed by atoms with Gasteiger partial charge in [0.25, 0.3) is 0 Å². The van der Waals surface area contributed by atoms with E-state index in [1.54, 1.807) is 24.3 Å². The molecule has 0 aromatic carbocycles. The van der Waals surface area contributed by atoms with Gasteiger partial charge in [-0.05, 0) is 43.6 Å². The standard InChI is InChI=1S/C21H28O4/c1-3-19(22)15-12-10-8-6-4-5-7-9-11-13-16-20(23)17-14-18-21(24)25-2/h4-5,12-13,15-16,19-20,22-23H,3,6-7,14,17-18H2,1-2H3/b5-4-,15-12+,16-13+/t19-,20-/m1/s1. The highest BCUT2D eigenvalue weighted by Crippen LogP contribution is 2.03. The first kappa shape index (κ1) is 22.7. The van der Waals surface area contributed by atoms with Gasteiger partial charge in [-0.1, -0.05) is 42.8 Å². The van der Waals surface area contributed by atoms with Crippen molar-refractivity contribution in [3.63, 3.8) is 0 Å². The minimum Gasteiger partial charge on any atom is -0.469 e. The highest BCUT2D eigenvalue weighted by molar-refractivity contribution is 5.68. The lowest BCUT2D eigenvalue weighted by molar-refractivity contribution is -0.140. The fourth-order valence-electron chi connectivity index (χ4n) is 1.63. The van der Waals surface area contributed by atoms with Gasteiger partial charge >= 0.3 is 5.97 Å². The molecule has 0 saturated heterocycles. The summed E-state index contributed by atoms with van der Waals surface area (Å²) in [5.74, 6) is 11.3. The number of carbonyl (C=O) groups excluding carboxylic acids is 1. The molecule has 136 valence electrons. The Hall–Kier alpha value is -2.27. The van der Waals surface area contributed by atoms with Gasteiger partial charge in [0, 0.05) is 19.3 Å². The van der Waals surface area contributed by atoms with E-state index in [2.05, 4.69) is 28.4 Å². The van der Waals surface area contributed by atoms with Gasteiger partial charge in [0.2, 0.25) is 0 Å². The monoisotopic (exact) mass is 344 g/mol. The Morgan fingerprint density at radius 3 is 2.12 bits per heavy atom. The van der Waals surface area contributed by atoms with Crippen LogP contribution in [0.25, 0.3) is 0 Å². The van der Waals surface area contributed by atoms with Gasteiger partial charge in [0.1, 0.15) is 0 Å². The van der Waals surface area contributed by atoms with Crippen LogP contribution in [0.4, 0.5) is 0 Å². The molecule has 4 heteroatoms. The summed E-state index contributed by atoms with van der Waals surface area (Å²) >= 11 is 0. The molecule has 0 rings (SSSR count). The lowest BCUT2D eigenvalue weighted by Crippen LogP contribution is -2.05. The number of aliphatic hydroxyl groups is 2. The largest absolute Gasteiger partial charge is 0.469 e. The van der Waals surface area contributed by atoms with Crippen LogP contribution in [0.1, 0.15) is 45.4 Å². The second-order valence-corrected chi connectivity index (χ2v) is 5.25. The summed E-state index contributed by atoms with van der Waals surface area (Å²) in [6.07, 6.45) is 12.8. The van der Waals surface area contributed by atoms with Gasteiger partial charge in [-0.15, -0.1) is 0 Å². The van der Waals surface area contributed by atoms with Crippen molar-refractivity contribution in [3.8, 4) is 23.7 Å². The average molecular weight is 344 g/mol. The highest BCUT2D eigenvalue weighted by atomic mass is 16.5. The lowest BCUT2D eigenvalue weighted by atomic mass is 10.1. The second kappa shape index (κ2) is 16.6. The molecular weight excluding hydrogens is 316 g/mol. The molecule has 0 aliphatic carbocycles. The van der Waals surface area contributed by atoms with Crippen LogP contribution in [0.3, 0.4) is 0 Å². The second-order valence-electron chi connectivity index (χ2n) is 5.25. The van der Waals surface area contributed by atoms with Crippen LogP contribution < -0.4 is 0 Å². The van der Waals surface area contributed by atoms with E-state index in [0.717, 1.165) is 0 Å². The fourth-order valence-corrected chi connectivity index (χ4v) is 1.63. The number of hydrogen-bond acceptors (Lipinski definition) is 4. The first-order valence-electron chi connectivity index (χ1n) is 8.48. The van der Waals surface area contributed by atoms with Crippen LogP contribution in [0.15, 0.2) is 36.5 Å². The Morgan fingerprint density at radius 2 is 1.60 bits per heavy atom. The average Bonchev–Trinajstić information content (AvgIpc) is 2.62. The molecule has 25 heavy (non-hydrogen) atoms. The summed E-state index contributed by atoms with van der Waals surface area (Å²) in [5.41, 5.74) is 0. The summed E-state index contributed by atoms with van der Waals surface area (Å²) in [6.45, 7) is 1.91. The number of hydrogen-bond donors (Lipinski definition) is 2. The molecule has 4 nitrogen and oxygen atoms in total. The SMILES string of the molecule is CC[C@@H](O)/C=C/C#CC/C=C\CC#C/C=C/[C@@H](O)CCCC(=O)OC. The summed E-state index contributed by atoms with van der Waals surface area (Å²) in [6, 6.07) is 0. The van der Waals surface area contributed by atoms with Crippen molar-refractivity contribution in [1.82, 2.24) is 0 Å². The van der Waals surface area contributed by atoms with Crippen molar-refractivity contribution in [2.24, 2.45) is 0 Å². The lowest BCUT2D eigenvalue weighted by Gasteiger charge is -2.03. The van der Waals surface area contributed by atoms with Crippen LogP contribution in [-0.4, -0.2) is 35.5 Å². The van der Waals surface area contributed by atoms with Crippen molar-refractivity contribution in [1.29, 1.82) is 0 Å². The van der Waals surface area contributed by atoms with Crippen molar-refractivity contribution in [2.45, 2.75) is 57.7 Å². The highest BCUT2D eigenvalue weighted by Gasteiger charge is 2.02. The van der Waals surface area contributed by atoms with Crippen LogP contribution in [0, 0.1) is 23.7 Å². The number of esters is 1. The van der Waals surface area contributed by atoms with E-state index in [1.165, 1.54) is 7.11 Å². The van der Waals surface area contributed by atoms with Crippen molar-refractivity contribution in [2.75, 3.05) is 7.11 Å². The van der Waals surface area contributed by atoms with Crippen molar-refractivity contribution >= 4 is 5.97 Å². The van der Waals surface area contributed by atoms with Gasteiger partial charge in [-0.2, -0.15) is 0 Å². The molecule has 0 bridgehead atoms. The van der Waals surface area contributed by atoms with Crippen LogP contribution in [0.2, 0.25) is 0 Å². The Morgan fingerprint density at radius 1 is 1.04 bits per heavy atom. The van der Waals surface area contributed by atoms with Crippen LogP contribution >= 0.6 is 0 Å². The molecule has 0 radical (unpaired) electrons. The molecule has 0 aromatic rings. The first-order valence-corrected chi connectivity index (χ1v) is 8.48. The topological polar surface area (TPSA) is 66.8 Å². The van der Waals surface area contributed by atoms with Crippen molar-refractivity contribution in [3.05, 3.63) is 36.5 Å². The predicted molar refractivity (Wildman–Crippen MR) is 100 cm³/mol. The minimum atomic E-state index is -0.593. The molecule has 0 spiro atoms. The quantitative estimate of drug-likeness (QED) is 0.383. The number of carbonyl (C=O) groups is 1. The molecule has 2 N–H and O–H groups in total. The summed E-state index contributed by atoms with van der Waals surface area (Å²) in [7, 11) is 1.35. The molecule has 2 atom stereocenters. The first-order chi connectivity index (χ1) is 12.1. The molecule has 0 unspecified atom stereocenters. The van der Waals surface area contributed by atoms with E-state index in [4.69, 9.17) is 0 Å². The zero-order chi connectivity index (χ0) is 18.8. The van der Waals surface area contributed by atoms with Crippen LogP contribution in [0.5, 0.6) is 0 Å². The van der Waals surface area contributed by atoms with Gasteiger partial charge in [0.05, 0.1) is 19.3 Å². The van der Waals surface area contributed by atoms with E-state index in [1.807, 2.05) is 19.1 Å². The molecule has 0 amide bonds. The zero-order valence-electron chi connectivity index (χ0n) is 15.1. The van der Waals surface area contributed by atoms with E-state index < -0.39 is 12.2 Å². The molecule has 0 aliphatic rings. The van der Waals surface area contributed by atoms with E-state index >= 15 is 0 Å². The molecule has 0 heterocycles. The summed E-state index contributed by atoms with van der Waals surface area (Å²) in [5, 5.41) is 19.0. The maximum atomic E-state index is 10.9. The van der Waals surface area contributed by atoms with Gasteiger partial charge in [-0.25, -0.2) is 0 Å². The Balaban J connectivity index is 3.84. The third-order valence-corrected chi connectivity index (χ3v) is 3.14. The maximum absolute atomic E-state index is 10.9. The predicted octanol–water partition coefficient (Wildman–Crippen LogP) is 2.92. The number of aliphatic hydroxyl groups excluding tert-OH is 2. The zero-order valence-corrected chi connectivity index (χ0v) is 15.1. The van der Waals surface area contributed by atoms with Crippen molar-refractivity contribution < 1.29 is 19.7 Å². The van der Waals surface area contributed by atoms with E-state index in [9.17, 15) is 15.0 Å². The molecule has 0 aromatic heterocycles. The normalized spacial score (nSPS) is 13.3. The Bertz CT molecular complexity index is 564. The third kappa shape index (κ3) is 16.4. The Labute approximate surface area is 151 Å². The molecular formula is C21H28O4. The number of allylic oxidation sites excluding steroid dienone is 4. The third-order valence-electron chi connectivity index (χ3n) is 3.14. The van der Waals surface area contributed by atoms with Gasteiger partial charge in [-0.3, -0.25) is 4.79 Å². The van der Waals surface area contributed by atoms with Gasteiger partial charge in [0.15, 0.2) is 0 Å². The number of ether oxygens (including phenoxy) is 1.